The minimum absolute atomic E-state index is 0.0744. The highest BCUT2D eigenvalue weighted by atomic mass is 16.5. The van der Waals surface area contributed by atoms with Crippen LogP contribution >= 0.6 is 0 Å². The molecule has 3 rings (SSSR count). The van der Waals surface area contributed by atoms with E-state index in [4.69, 9.17) is 9.47 Å². The molecule has 1 aliphatic heterocycles. The van der Waals surface area contributed by atoms with Gasteiger partial charge in [0.05, 0.1) is 20.3 Å². The fourth-order valence-electron chi connectivity index (χ4n) is 2.90. The minimum Gasteiger partial charge on any atom is -0.497 e. The Kier molecular flexibility index (Phi) is 6.08. The maximum atomic E-state index is 12.5. The molecule has 1 amide bonds. The number of nitrogens with zero attached hydrogens (tertiary/aromatic N) is 3. The summed E-state index contributed by atoms with van der Waals surface area (Å²) in [4.78, 5) is 31.3. The third-order valence-corrected chi connectivity index (χ3v) is 4.36. The summed E-state index contributed by atoms with van der Waals surface area (Å²) in [5, 5.41) is 2.85. The molecule has 8 nitrogen and oxygen atoms in total. The second-order valence-electron chi connectivity index (χ2n) is 6.35. The van der Waals surface area contributed by atoms with Gasteiger partial charge >= 0.3 is 0 Å². The van der Waals surface area contributed by atoms with E-state index in [9.17, 15) is 9.59 Å². The lowest BCUT2D eigenvalue weighted by Crippen LogP contribution is -2.42. The minimum atomic E-state index is -0.243. The number of ether oxygens (including phenoxy) is 2. The first-order chi connectivity index (χ1) is 13.1. The zero-order valence-corrected chi connectivity index (χ0v) is 15.6. The van der Waals surface area contributed by atoms with Crippen LogP contribution in [0.5, 0.6) is 5.75 Å². The molecule has 1 aliphatic rings. The van der Waals surface area contributed by atoms with E-state index in [0.717, 1.165) is 11.3 Å². The molecule has 0 aliphatic carbocycles. The van der Waals surface area contributed by atoms with Crippen molar-refractivity contribution in [3.63, 3.8) is 0 Å². The number of anilines is 1. The Morgan fingerprint density at radius 2 is 1.96 bits per heavy atom. The SMILES string of the molecule is COc1ccc(CNC(=O)Cn2c(N3CCOCC3)nc(C)cc2=O)cc1. The Balaban J connectivity index is 1.70. The lowest BCUT2D eigenvalue weighted by molar-refractivity contribution is -0.121. The van der Waals surface area contributed by atoms with Crippen LogP contribution in [0.15, 0.2) is 35.1 Å². The van der Waals surface area contributed by atoms with E-state index in [2.05, 4.69) is 10.3 Å². The van der Waals surface area contributed by atoms with Crippen molar-refractivity contribution in [2.45, 2.75) is 20.0 Å². The van der Waals surface area contributed by atoms with Crippen LogP contribution in [0.2, 0.25) is 0 Å². The van der Waals surface area contributed by atoms with E-state index in [1.807, 2.05) is 29.2 Å². The molecule has 1 fully saturated rings. The lowest BCUT2D eigenvalue weighted by Gasteiger charge is -2.29. The predicted molar refractivity (Wildman–Crippen MR) is 101 cm³/mol. The van der Waals surface area contributed by atoms with Gasteiger partial charge in [-0.3, -0.25) is 14.2 Å². The van der Waals surface area contributed by atoms with Crippen LogP contribution in [-0.4, -0.2) is 48.9 Å². The second kappa shape index (κ2) is 8.68. The van der Waals surface area contributed by atoms with E-state index in [1.54, 1.807) is 14.0 Å². The van der Waals surface area contributed by atoms with E-state index in [-0.39, 0.29) is 18.0 Å². The summed E-state index contributed by atoms with van der Waals surface area (Å²) < 4.78 is 11.9. The van der Waals surface area contributed by atoms with Crippen molar-refractivity contribution < 1.29 is 14.3 Å². The first-order valence-electron chi connectivity index (χ1n) is 8.87. The normalized spacial score (nSPS) is 14.1. The van der Waals surface area contributed by atoms with Crippen LogP contribution < -0.4 is 20.5 Å². The quantitative estimate of drug-likeness (QED) is 0.804. The molecule has 8 heteroatoms. The Morgan fingerprint density at radius 1 is 1.26 bits per heavy atom. The number of carbonyl (C=O) groups excluding carboxylic acids is 1. The summed E-state index contributed by atoms with van der Waals surface area (Å²) in [6.07, 6.45) is 0. The first kappa shape index (κ1) is 18.9. The number of aromatic nitrogens is 2. The Morgan fingerprint density at radius 3 is 2.63 bits per heavy atom. The van der Waals surface area contributed by atoms with Gasteiger partial charge in [0.15, 0.2) is 0 Å². The second-order valence-corrected chi connectivity index (χ2v) is 6.35. The zero-order valence-electron chi connectivity index (χ0n) is 15.6. The standard InChI is InChI=1S/C19H24N4O4/c1-14-11-18(25)23(19(21-14)22-7-9-27-10-8-22)13-17(24)20-12-15-3-5-16(26-2)6-4-15/h3-6,11H,7-10,12-13H2,1-2H3,(H,20,24). The van der Waals surface area contributed by atoms with Gasteiger partial charge in [-0.2, -0.15) is 0 Å². The van der Waals surface area contributed by atoms with Crippen molar-refractivity contribution >= 4 is 11.9 Å². The number of hydrogen-bond donors (Lipinski definition) is 1. The van der Waals surface area contributed by atoms with Crippen LogP contribution in [0.4, 0.5) is 5.95 Å². The number of rotatable bonds is 6. The zero-order chi connectivity index (χ0) is 19.2. The molecule has 27 heavy (non-hydrogen) atoms. The summed E-state index contributed by atoms with van der Waals surface area (Å²) in [6, 6.07) is 8.90. The maximum absolute atomic E-state index is 12.5. The smallest absolute Gasteiger partial charge is 0.255 e. The summed E-state index contributed by atoms with van der Waals surface area (Å²) in [6.45, 7) is 4.52. The van der Waals surface area contributed by atoms with E-state index in [1.165, 1.54) is 10.6 Å². The highest BCUT2D eigenvalue weighted by Gasteiger charge is 2.19. The monoisotopic (exact) mass is 372 g/mol. The molecule has 0 bridgehead atoms. The molecule has 1 N–H and O–H groups in total. The molecule has 1 aromatic heterocycles. The number of hydrogen-bond acceptors (Lipinski definition) is 6. The number of methoxy groups -OCH3 is 1. The molecule has 1 aromatic carbocycles. The van der Waals surface area contributed by atoms with E-state index < -0.39 is 0 Å². The van der Waals surface area contributed by atoms with Crippen molar-refractivity contribution in [2.24, 2.45) is 0 Å². The number of carbonyl (C=O) groups is 1. The number of benzene rings is 1. The Bertz CT molecular complexity index is 842. The van der Waals surface area contributed by atoms with Gasteiger partial charge in [0.25, 0.3) is 5.56 Å². The summed E-state index contributed by atoms with van der Waals surface area (Å²) in [7, 11) is 1.61. The molecule has 0 unspecified atom stereocenters. The molecule has 0 saturated carbocycles. The van der Waals surface area contributed by atoms with Crippen LogP contribution in [-0.2, 0) is 22.6 Å². The van der Waals surface area contributed by atoms with Crippen LogP contribution in [0.25, 0.3) is 0 Å². The molecule has 2 aromatic rings. The first-order valence-corrected chi connectivity index (χ1v) is 8.87. The number of nitrogens with one attached hydrogen (secondary N) is 1. The molecular weight excluding hydrogens is 348 g/mol. The number of amides is 1. The van der Waals surface area contributed by atoms with Gasteiger partial charge < -0.3 is 19.7 Å². The predicted octanol–water partition coefficient (Wildman–Crippen LogP) is 0.713. The maximum Gasteiger partial charge on any atom is 0.255 e. The van der Waals surface area contributed by atoms with Gasteiger partial charge in [0.2, 0.25) is 11.9 Å². The van der Waals surface area contributed by atoms with Crippen molar-refractivity contribution in [2.75, 3.05) is 38.3 Å². The highest BCUT2D eigenvalue weighted by Crippen LogP contribution is 2.13. The molecule has 0 atom stereocenters. The van der Waals surface area contributed by atoms with Gasteiger partial charge in [-0.1, -0.05) is 12.1 Å². The summed E-state index contributed by atoms with van der Waals surface area (Å²) in [5.74, 6) is 1.04. The summed E-state index contributed by atoms with van der Waals surface area (Å²) >= 11 is 0. The molecule has 0 radical (unpaired) electrons. The summed E-state index contributed by atoms with van der Waals surface area (Å²) in [5.41, 5.74) is 1.35. The largest absolute Gasteiger partial charge is 0.497 e. The molecule has 2 heterocycles. The Labute approximate surface area is 157 Å². The van der Waals surface area contributed by atoms with Crippen molar-refractivity contribution in [1.82, 2.24) is 14.9 Å². The fraction of sp³-hybridized carbons (Fsp3) is 0.421. The van der Waals surface area contributed by atoms with E-state index >= 15 is 0 Å². The van der Waals surface area contributed by atoms with Crippen LogP contribution in [0.3, 0.4) is 0 Å². The van der Waals surface area contributed by atoms with Crippen molar-refractivity contribution in [3.05, 3.63) is 51.9 Å². The fourth-order valence-corrected chi connectivity index (χ4v) is 2.90. The number of aryl methyl sites for hydroxylation is 1. The Hall–Kier alpha value is -2.87. The van der Waals surface area contributed by atoms with Crippen LogP contribution in [0.1, 0.15) is 11.3 Å². The molecular formula is C19H24N4O4. The van der Waals surface area contributed by atoms with Gasteiger partial charge in [0, 0.05) is 31.4 Å². The highest BCUT2D eigenvalue weighted by molar-refractivity contribution is 5.76. The average Bonchev–Trinajstić information content (AvgIpc) is 2.69. The third-order valence-electron chi connectivity index (χ3n) is 4.36. The third kappa shape index (κ3) is 4.85. The average molecular weight is 372 g/mol. The lowest BCUT2D eigenvalue weighted by atomic mass is 10.2. The topological polar surface area (TPSA) is 85.7 Å². The molecule has 144 valence electrons. The van der Waals surface area contributed by atoms with Gasteiger partial charge in [-0.15, -0.1) is 0 Å². The molecule has 0 spiro atoms. The molecule has 1 saturated heterocycles. The van der Waals surface area contributed by atoms with Gasteiger partial charge in [-0.25, -0.2) is 4.98 Å². The number of morpholine rings is 1. The van der Waals surface area contributed by atoms with Crippen LogP contribution in [0, 0.1) is 6.92 Å². The van der Waals surface area contributed by atoms with Crippen molar-refractivity contribution in [3.8, 4) is 5.75 Å². The van der Waals surface area contributed by atoms with Gasteiger partial charge in [0.1, 0.15) is 12.3 Å². The van der Waals surface area contributed by atoms with Crippen molar-refractivity contribution in [1.29, 1.82) is 0 Å². The van der Waals surface area contributed by atoms with E-state index in [0.29, 0.717) is 44.5 Å². The van der Waals surface area contributed by atoms with Gasteiger partial charge in [-0.05, 0) is 24.6 Å².